The van der Waals surface area contributed by atoms with E-state index in [2.05, 4.69) is 4.98 Å². The van der Waals surface area contributed by atoms with Crippen LogP contribution in [0.15, 0.2) is 26.9 Å². The summed E-state index contributed by atoms with van der Waals surface area (Å²) in [6.45, 7) is 1.58. The molecule has 126 valence electrons. The maximum absolute atomic E-state index is 11.9. The highest BCUT2D eigenvalue weighted by Crippen LogP contribution is 2.37. The summed E-state index contributed by atoms with van der Waals surface area (Å²) in [6.07, 6.45) is 1.57. The Labute approximate surface area is 145 Å². The van der Waals surface area contributed by atoms with Crippen LogP contribution in [0.25, 0.3) is 4.96 Å². The molecule has 0 aliphatic carbocycles. The van der Waals surface area contributed by atoms with E-state index in [1.807, 2.05) is 5.38 Å². The number of fused-ring (bicyclic) bond motifs is 1. The van der Waals surface area contributed by atoms with Gasteiger partial charge in [0, 0.05) is 17.6 Å². The SMILES string of the molecule is COC(=O)C[C@@H](c1oc(C)cc(=O)c1O)c1c(Cl)nc2sccn12. The first kappa shape index (κ1) is 16.5. The fourth-order valence-corrected chi connectivity index (χ4v) is 3.59. The van der Waals surface area contributed by atoms with Crippen LogP contribution >= 0.6 is 22.9 Å². The number of rotatable bonds is 4. The molecule has 3 aromatic rings. The number of hydrogen-bond donors (Lipinski definition) is 1. The molecule has 0 aromatic carbocycles. The van der Waals surface area contributed by atoms with Crippen molar-refractivity contribution in [1.82, 2.24) is 9.38 Å². The van der Waals surface area contributed by atoms with Crippen LogP contribution in [0.3, 0.4) is 0 Å². The topological polar surface area (TPSA) is 94.0 Å². The lowest BCUT2D eigenvalue weighted by molar-refractivity contribution is -0.141. The van der Waals surface area contributed by atoms with Crippen molar-refractivity contribution in [2.45, 2.75) is 19.3 Å². The van der Waals surface area contributed by atoms with Gasteiger partial charge in [0.25, 0.3) is 0 Å². The number of carbonyl (C=O) groups is 1. The summed E-state index contributed by atoms with van der Waals surface area (Å²) in [5.41, 5.74) is -0.145. The molecule has 0 unspecified atom stereocenters. The summed E-state index contributed by atoms with van der Waals surface area (Å²) in [5.74, 6) is -1.65. The van der Waals surface area contributed by atoms with Crippen molar-refractivity contribution in [2.75, 3.05) is 7.11 Å². The Morgan fingerprint density at radius 1 is 1.58 bits per heavy atom. The quantitative estimate of drug-likeness (QED) is 0.711. The van der Waals surface area contributed by atoms with Gasteiger partial charge < -0.3 is 14.3 Å². The minimum atomic E-state index is -0.817. The van der Waals surface area contributed by atoms with Crippen LogP contribution in [0.5, 0.6) is 5.75 Å². The predicted molar refractivity (Wildman–Crippen MR) is 87.9 cm³/mol. The predicted octanol–water partition coefficient (Wildman–Crippen LogP) is 2.71. The smallest absolute Gasteiger partial charge is 0.306 e. The molecule has 3 rings (SSSR count). The second kappa shape index (κ2) is 6.29. The Kier molecular flexibility index (Phi) is 4.33. The Hall–Kier alpha value is -2.32. The third-order valence-electron chi connectivity index (χ3n) is 3.57. The number of halogens is 1. The van der Waals surface area contributed by atoms with Crippen LogP contribution in [0.4, 0.5) is 0 Å². The Morgan fingerprint density at radius 3 is 3.04 bits per heavy atom. The van der Waals surface area contributed by atoms with Gasteiger partial charge in [-0.05, 0) is 6.92 Å². The summed E-state index contributed by atoms with van der Waals surface area (Å²) in [4.78, 5) is 28.6. The van der Waals surface area contributed by atoms with Crippen molar-refractivity contribution in [3.8, 4) is 5.75 Å². The molecular formula is C15H13ClN2O5S. The lowest BCUT2D eigenvalue weighted by atomic mass is 9.97. The van der Waals surface area contributed by atoms with Crippen LogP contribution in [-0.4, -0.2) is 27.6 Å². The van der Waals surface area contributed by atoms with E-state index >= 15 is 0 Å². The number of esters is 1. The van der Waals surface area contributed by atoms with Gasteiger partial charge in [-0.1, -0.05) is 11.6 Å². The number of imidazole rings is 1. The molecule has 1 N–H and O–H groups in total. The number of thiazole rings is 1. The fraction of sp³-hybridized carbons (Fsp3) is 0.267. The summed E-state index contributed by atoms with van der Waals surface area (Å²) in [7, 11) is 1.25. The Morgan fingerprint density at radius 2 is 2.33 bits per heavy atom. The molecule has 0 saturated heterocycles. The molecule has 0 radical (unpaired) electrons. The van der Waals surface area contributed by atoms with Gasteiger partial charge in [-0.3, -0.25) is 14.0 Å². The first-order chi connectivity index (χ1) is 11.4. The van der Waals surface area contributed by atoms with Crippen molar-refractivity contribution >= 4 is 33.9 Å². The summed E-state index contributed by atoms with van der Waals surface area (Å²) in [5, 5.41) is 12.1. The van der Waals surface area contributed by atoms with Crippen LogP contribution < -0.4 is 5.43 Å². The number of nitrogens with zero attached hydrogens (tertiary/aromatic N) is 2. The van der Waals surface area contributed by atoms with Gasteiger partial charge in [-0.15, -0.1) is 11.3 Å². The van der Waals surface area contributed by atoms with Gasteiger partial charge in [0.15, 0.2) is 15.9 Å². The summed E-state index contributed by atoms with van der Waals surface area (Å²) >= 11 is 7.60. The number of aromatic nitrogens is 2. The second-order valence-electron chi connectivity index (χ2n) is 5.11. The van der Waals surface area contributed by atoms with E-state index < -0.39 is 23.1 Å². The molecule has 0 saturated carbocycles. The molecule has 0 bridgehead atoms. The van der Waals surface area contributed by atoms with Crippen LogP contribution in [-0.2, 0) is 9.53 Å². The lowest BCUT2D eigenvalue weighted by Crippen LogP contribution is -2.15. The van der Waals surface area contributed by atoms with E-state index in [0.717, 1.165) is 0 Å². The van der Waals surface area contributed by atoms with E-state index in [0.29, 0.717) is 16.4 Å². The second-order valence-corrected chi connectivity index (χ2v) is 6.34. The standard InChI is InChI=1S/C15H13ClN2O5S/c1-7-5-9(19)12(21)13(23-7)8(6-10(20)22-2)11-14(16)17-15-18(11)3-4-24-15/h3-5,8,21H,6H2,1-2H3/t8-/m1/s1. The zero-order valence-corrected chi connectivity index (χ0v) is 14.3. The number of ether oxygens (including phenoxy) is 1. The van der Waals surface area contributed by atoms with Crippen molar-refractivity contribution in [1.29, 1.82) is 0 Å². The first-order valence-corrected chi connectivity index (χ1v) is 8.19. The number of aromatic hydroxyl groups is 1. The van der Waals surface area contributed by atoms with Crippen LogP contribution in [0, 0.1) is 6.92 Å². The molecule has 7 nitrogen and oxygen atoms in total. The van der Waals surface area contributed by atoms with E-state index in [1.165, 1.54) is 24.5 Å². The molecular weight excluding hydrogens is 356 g/mol. The van der Waals surface area contributed by atoms with E-state index in [-0.39, 0.29) is 17.3 Å². The highest BCUT2D eigenvalue weighted by Gasteiger charge is 2.31. The maximum atomic E-state index is 11.9. The van der Waals surface area contributed by atoms with Crippen LogP contribution in [0.1, 0.15) is 29.6 Å². The summed E-state index contributed by atoms with van der Waals surface area (Å²) in [6, 6.07) is 1.17. The molecule has 9 heteroatoms. The van der Waals surface area contributed by atoms with Crippen LogP contribution in [0.2, 0.25) is 5.15 Å². The Bertz CT molecular complexity index is 974. The van der Waals surface area contributed by atoms with Gasteiger partial charge >= 0.3 is 5.97 Å². The third-order valence-corrected chi connectivity index (χ3v) is 4.61. The highest BCUT2D eigenvalue weighted by molar-refractivity contribution is 7.15. The minimum Gasteiger partial charge on any atom is -0.502 e. The number of carbonyl (C=O) groups excluding carboxylic acids is 1. The largest absolute Gasteiger partial charge is 0.502 e. The minimum absolute atomic E-state index is 0.0414. The first-order valence-electron chi connectivity index (χ1n) is 6.93. The fourth-order valence-electron chi connectivity index (χ4n) is 2.51. The molecule has 1 atom stereocenters. The van der Waals surface area contributed by atoms with Gasteiger partial charge in [-0.25, -0.2) is 4.98 Å². The molecule has 0 amide bonds. The lowest BCUT2D eigenvalue weighted by Gasteiger charge is -2.16. The van der Waals surface area contributed by atoms with E-state index in [9.17, 15) is 14.7 Å². The number of methoxy groups -OCH3 is 1. The molecule has 0 aliphatic rings. The zero-order chi connectivity index (χ0) is 17.4. The zero-order valence-electron chi connectivity index (χ0n) is 12.8. The van der Waals surface area contributed by atoms with E-state index in [1.54, 1.807) is 17.5 Å². The third kappa shape index (κ3) is 2.78. The molecule has 3 heterocycles. The number of aryl methyl sites for hydroxylation is 1. The monoisotopic (exact) mass is 368 g/mol. The molecule has 0 fully saturated rings. The van der Waals surface area contributed by atoms with Crippen molar-refractivity contribution < 1.29 is 19.1 Å². The molecule has 3 aromatic heterocycles. The molecule has 0 spiro atoms. The maximum Gasteiger partial charge on any atom is 0.306 e. The average Bonchev–Trinajstić information content (AvgIpc) is 3.09. The molecule has 0 aliphatic heterocycles. The van der Waals surface area contributed by atoms with Crippen molar-refractivity contribution in [2.24, 2.45) is 0 Å². The average molecular weight is 369 g/mol. The van der Waals surface area contributed by atoms with Crippen molar-refractivity contribution in [3.05, 3.63) is 50.2 Å². The normalized spacial score (nSPS) is 12.5. The van der Waals surface area contributed by atoms with Gasteiger partial charge in [0.2, 0.25) is 11.2 Å². The highest BCUT2D eigenvalue weighted by atomic mass is 35.5. The Balaban J connectivity index is 2.25. The number of hydrogen-bond acceptors (Lipinski definition) is 7. The van der Waals surface area contributed by atoms with E-state index in [4.69, 9.17) is 20.8 Å². The summed E-state index contributed by atoms with van der Waals surface area (Å²) < 4.78 is 12.0. The molecule has 24 heavy (non-hydrogen) atoms. The van der Waals surface area contributed by atoms with Crippen molar-refractivity contribution in [3.63, 3.8) is 0 Å². The van der Waals surface area contributed by atoms with Gasteiger partial charge in [0.1, 0.15) is 5.76 Å². The van der Waals surface area contributed by atoms with Gasteiger partial charge in [0.05, 0.1) is 25.1 Å². The van der Waals surface area contributed by atoms with Gasteiger partial charge in [-0.2, -0.15) is 0 Å².